The first-order valence-corrected chi connectivity index (χ1v) is 12.4. The van der Waals surface area contributed by atoms with Crippen LogP contribution in [0.15, 0.2) is 41.6 Å². The number of carbonyl (C=O) groups excluding carboxylic acids is 1. The lowest BCUT2D eigenvalue weighted by Crippen LogP contribution is -2.44. The Morgan fingerprint density at radius 1 is 1.19 bits per heavy atom. The van der Waals surface area contributed by atoms with Crippen molar-refractivity contribution < 1.29 is 13.2 Å². The minimum atomic E-state index is -4.15. The summed E-state index contributed by atoms with van der Waals surface area (Å²) < 4.78 is 28.2. The molecule has 2 saturated heterocycles. The van der Waals surface area contributed by atoms with Gasteiger partial charge in [-0.25, -0.2) is 14.7 Å². The smallest absolute Gasteiger partial charge is 0.281 e. The number of nitrogens with zero attached hydrogens (tertiary/aromatic N) is 4. The van der Waals surface area contributed by atoms with E-state index < -0.39 is 15.9 Å². The number of hydrogen-bond donors (Lipinski definition) is 2. The van der Waals surface area contributed by atoms with Crippen LogP contribution in [-0.2, 0) is 10.0 Å². The lowest BCUT2D eigenvalue weighted by molar-refractivity contribution is 0.0981. The fraction of sp³-hybridized carbons (Fsp3) is 0.500. The van der Waals surface area contributed by atoms with Gasteiger partial charge in [-0.15, -0.1) is 0 Å². The number of carbonyl (C=O) groups is 1. The molecule has 2 aliphatic heterocycles. The van der Waals surface area contributed by atoms with Crippen molar-refractivity contribution in [2.75, 3.05) is 42.5 Å². The molecular formula is C22H30N6O3S. The highest BCUT2D eigenvalue weighted by atomic mass is 32.2. The van der Waals surface area contributed by atoms with E-state index in [1.807, 2.05) is 4.90 Å². The molecule has 1 amide bonds. The predicted molar refractivity (Wildman–Crippen MR) is 123 cm³/mol. The zero-order valence-electron chi connectivity index (χ0n) is 18.7. The van der Waals surface area contributed by atoms with Crippen LogP contribution >= 0.6 is 0 Å². The summed E-state index contributed by atoms with van der Waals surface area (Å²) in [5.41, 5.74) is 0.0532. The van der Waals surface area contributed by atoms with E-state index in [1.165, 1.54) is 6.07 Å². The third-order valence-electron chi connectivity index (χ3n) is 6.01. The van der Waals surface area contributed by atoms with E-state index in [9.17, 15) is 13.2 Å². The second-order valence-corrected chi connectivity index (χ2v) is 10.7. The molecule has 2 aromatic rings. The SMILES string of the molecule is CC1CN(c2ncccc2C(=O)NS(=O)(=O)c2cccc(N3CCNCC3)n2)C(C)(C)C1. The number of piperazine rings is 1. The van der Waals surface area contributed by atoms with Crippen LogP contribution in [0.4, 0.5) is 11.6 Å². The van der Waals surface area contributed by atoms with E-state index >= 15 is 0 Å². The molecule has 4 heterocycles. The van der Waals surface area contributed by atoms with E-state index in [0.717, 1.165) is 39.1 Å². The third-order valence-corrected chi connectivity index (χ3v) is 7.24. The zero-order chi connectivity index (χ0) is 22.9. The van der Waals surface area contributed by atoms with Crippen LogP contribution in [-0.4, -0.2) is 62.6 Å². The van der Waals surface area contributed by atoms with Crippen molar-refractivity contribution in [1.29, 1.82) is 0 Å². The molecule has 0 aliphatic carbocycles. The average Bonchev–Trinajstić information content (AvgIpc) is 3.06. The minimum absolute atomic E-state index is 0.178. The zero-order valence-corrected chi connectivity index (χ0v) is 19.5. The highest BCUT2D eigenvalue weighted by molar-refractivity contribution is 7.90. The lowest BCUT2D eigenvalue weighted by Gasteiger charge is -2.33. The molecule has 2 fully saturated rings. The Labute approximate surface area is 189 Å². The van der Waals surface area contributed by atoms with Crippen LogP contribution in [0.5, 0.6) is 0 Å². The molecule has 2 N–H and O–H groups in total. The second kappa shape index (κ2) is 8.67. The van der Waals surface area contributed by atoms with E-state index in [-0.39, 0.29) is 16.1 Å². The highest BCUT2D eigenvalue weighted by Gasteiger charge is 2.39. The molecule has 32 heavy (non-hydrogen) atoms. The first-order valence-electron chi connectivity index (χ1n) is 10.9. The molecule has 9 nitrogen and oxygen atoms in total. The van der Waals surface area contributed by atoms with Gasteiger partial charge in [-0.05, 0) is 50.5 Å². The van der Waals surface area contributed by atoms with Gasteiger partial charge in [-0.2, -0.15) is 8.42 Å². The van der Waals surface area contributed by atoms with Gasteiger partial charge < -0.3 is 15.1 Å². The number of amides is 1. The molecule has 1 atom stereocenters. The fourth-order valence-electron chi connectivity index (χ4n) is 4.60. The van der Waals surface area contributed by atoms with Crippen molar-refractivity contribution >= 4 is 27.6 Å². The molecule has 0 spiro atoms. The number of pyridine rings is 2. The number of rotatable bonds is 5. The molecule has 10 heteroatoms. The molecule has 4 rings (SSSR count). The molecule has 1 unspecified atom stereocenters. The van der Waals surface area contributed by atoms with Crippen molar-refractivity contribution in [1.82, 2.24) is 20.0 Å². The van der Waals surface area contributed by atoms with Gasteiger partial charge in [-0.1, -0.05) is 13.0 Å². The van der Waals surface area contributed by atoms with Gasteiger partial charge >= 0.3 is 0 Å². The number of aromatic nitrogens is 2. The Balaban J connectivity index is 1.58. The van der Waals surface area contributed by atoms with E-state index in [2.05, 4.69) is 45.7 Å². The Hall–Kier alpha value is -2.72. The van der Waals surface area contributed by atoms with Gasteiger partial charge in [-0.3, -0.25) is 4.79 Å². The largest absolute Gasteiger partial charge is 0.354 e. The Kier molecular flexibility index (Phi) is 6.09. The van der Waals surface area contributed by atoms with Crippen LogP contribution in [0, 0.1) is 5.92 Å². The standard InChI is InChI=1S/C22H30N6O3S/c1-16-14-22(2,3)28(15-16)20-17(6-5-9-24-20)21(29)26-32(30,31)19-8-4-7-18(25-19)27-12-10-23-11-13-27/h4-9,16,23H,10-15H2,1-3H3,(H,26,29). The Morgan fingerprint density at radius 3 is 2.62 bits per heavy atom. The quantitative estimate of drug-likeness (QED) is 0.696. The Morgan fingerprint density at radius 2 is 1.94 bits per heavy atom. The first kappa shape index (κ1) is 22.5. The average molecular weight is 459 g/mol. The second-order valence-electron chi connectivity index (χ2n) is 9.11. The predicted octanol–water partition coefficient (Wildman–Crippen LogP) is 1.63. The summed E-state index contributed by atoms with van der Waals surface area (Å²) >= 11 is 0. The fourth-order valence-corrected chi connectivity index (χ4v) is 5.53. The maximum Gasteiger partial charge on any atom is 0.281 e. The molecule has 0 aromatic carbocycles. The summed E-state index contributed by atoms with van der Waals surface area (Å²) in [6.07, 6.45) is 2.59. The summed E-state index contributed by atoms with van der Waals surface area (Å²) in [5, 5.41) is 3.08. The normalized spacial score (nSPS) is 20.9. The summed E-state index contributed by atoms with van der Waals surface area (Å²) in [7, 11) is -4.15. The van der Waals surface area contributed by atoms with E-state index in [4.69, 9.17) is 0 Å². The molecule has 0 saturated carbocycles. The minimum Gasteiger partial charge on any atom is -0.354 e. The maximum absolute atomic E-state index is 13.1. The summed E-state index contributed by atoms with van der Waals surface area (Å²) in [6, 6.07) is 8.07. The van der Waals surface area contributed by atoms with E-state index in [0.29, 0.717) is 17.6 Å². The summed E-state index contributed by atoms with van der Waals surface area (Å²) in [6.45, 7) is 10.2. The van der Waals surface area contributed by atoms with Gasteiger partial charge in [0.05, 0.1) is 5.56 Å². The molecule has 172 valence electrons. The van der Waals surface area contributed by atoms with Gasteiger partial charge in [0.1, 0.15) is 11.6 Å². The van der Waals surface area contributed by atoms with Gasteiger partial charge in [0.25, 0.3) is 15.9 Å². The van der Waals surface area contributed by atoms with Crippen molar-refractivity contribution in [2.45, 2.75) is 37.8 Å². The highest BCUT2D eigenvalue weighted by Crippen LogP contribution is 2.37. The van der Waals surface area contributed by atoms with Crippen LogP contribution in [0.25, 0.3) is 0 Å². The van der Waals surface area contributed by atoms with Crippen LogP contribution in [0.1, 0.15) is 37.6 Å². The van der Waals surface area contributed by atoms with Gasteiger partial charge in [0, 0.05) is 44.5 Å². The third kappa shape index (κ3) is 4.56. The Bertz CT molecular complexity index is 1100. The van der Waals surface area contributed by atoms with Gasteiger partial charge in [0.15, 0.2) is 5.03 Å². The van der Waals surface area contributed by atoms with Crippen molar-refractivity contribution in [2.24, 2.45) is 5.92 Å². The van der Waals surface area contributed by atoms with Gasteiger partial charge in [0.2, 0.25) is 0 Å². The molecule has 2 aliphatic rings. The molecular weight excluding hydrogens is 428 g/mol. The lowest BCUT2D eigenvalue weighted by atomic mass is 9.97. The number of nitrogens with one attached hydrogen (secondary N) is 2. The number of sulfonamides is 1. The molecule has 0 bridgehead atoms. The van der Waals surface area contributed by atoms with Crippen molar-refractivity contribution in [3.63, 3.8) is 0 Å². The summed E-state index contributed by atoms with van der Waals surface area (Å²) in [5.74, 6) is 0.815. The molecule has 0 radical (unpaired) electrons. The monoisotopic (exact) mass is 458 g/mol. The maximum atomic E-state index is 13.1. The first-order chi connectivity index (χ1) is 15.2. The number of anilines is 2. The summed E-state index contributed by atoms with van der Waals surface area (Å²) in [4.78, 5) is 25.9. The topological polar surface area (TPSA) is 108 Å². The van der Waals surface area contributed by atoms with Crippen LogP contribution in [0.2, 0.25) is 0 Å². The van der Waals surface area contributed by atoms with Crippen molar-refractivity contribution in [3.8, 4) is 0 Å². The molecule has 2 aromatic heterocycles. The van der Waals surface area contributed by atoms with Crippen molar-refractivity contribution in [3.05, 3.63) is 42.1 Å². The van der Waals surface area contributed by atoms with E-state index in [1.54, 1.807) is 30.5 Å². The number of hydrogen-bond acceptors (Lipinski definition) is 8. The van der Waals surface area contributed by atoms with Crippen LogP contribution < -0.4 is 19.8 Å². The van der Waals surface area contributed by atoms with Crippen LogP contribution in [0.3, 0.4) is 0 Å².